The highest BCUT2D eigenvalue weighted by molar-refractivity contribution is 8.00. The number of hydrogen-bond acceptors (Lipinski definition) is 2. The minimum absolute atomic E-state index is 0.792. The van der Waals surface area contributed by atoms with Crippen LogP contribution in [0.4, 0.5) is 0 Å². The van der Waals surface area contributed by atoms with Crippen molar-refractivity contribution in [2.24, 2.45) is 5.92 Å². The van der Waals surface area contributed by atoms with E-state index in [-0.39, 0.29) is 0 Å². The highest BCUT2D eigenvalue weighted by Crippen LogP contribution is 2.37. The van der Waals surface area contributed by atoms with Crippen LogP contribution in [0.2, 0.25) is 0 Å². The first kappa shape index (κ1) is 12.6. The van der Waals surface area contributed by atoms with Crippen LogP contribution in [0.25, 0.3) is 0 Å². The summed E-state index contributed by atoms with van der Waals surface area (Å²) >= 11 is 2.09. The molecule has 18 heavy (non-hydrogen) atoms. The predicted molar refractivity (Wildman–Crippen MR) is 79.2 cm³/mol. The van der Waals surface area contributed by atoms with Crippen LogP contribution in [0.15, 0.2) is 29.2 Å². The second-order valence-electron chi connectivity index (χ2n) is 5.70. The van der Waals surface area contributed by atoms with Crippen molar-refractivity contribution in [3.8, 4) is 0 Å². The lowest BCUT2D eigenvalue weighted by molar-refractivity contribution is 0.183. The Morgan fingerprint density at radius 1 is 1.22 bits per heavy atom. The van der Waals surface area contributed by atoms with Gasteiger partial charge in [-0.05, 0) is 49.9 Å². The summed E-state index contributed by atoms with van der Waals surface area (Å²) < 4.78 is 0. The topological polar surface area (TPSA) is 3.24 Å². The van der Waals surface area contributed by atoms with Gasteiger partial charge in [0, 0.05) is 16.7 Å². The van der Waals surface area contributed by atoms with Gasteiger partial charge in [-0.15, -0.1) is 11.8 Å². The monoisotopic (exact) mass is 261 g/mol. The maximum atomic E-state index is 2.69. The van der Waals surface area contributed by atoms with E-state index in [1.54, 1.807) is 5.56 Å². The Morgan fingerprint density at radius 2 is 2.00 bits per heavy atom. The van der Waals surface area contributed by atoms with Gasteiger partial charge in [0.05, 0.1) is 0 Å². The number of nitrogens with zero attached hydrogens (tertiary/aromatic N) is 1. The number of rotatable bonds is 3. The molecule has 1 nitrogen and oxygen atoms in total. The summed E-state index contributed by atoms with van der Waals surface area (Å²) in [6, 6.07) is 8.92. The van der Waals surface area contributed by atoms with Gasteiger partial charge >= 0.3 is 0 Å². The van der Waals surface area contributed by atoms with Crippen LogP contribution in [0.3, 0.4) is 0 Å². The summed E-state index contributed by atoms with van der Waals surface area (Å²) in [6.45, 7) is 6.28. The average Bonchev–Trinajstić information content (AvgIpc) is 2.82. The molecule has 1 saturated heterocycles. The molecular formula is C16H23NS. The Kier molecular flexibility index (Phi) is 3.95. The molecule has 0 amide bonds. The zero-order chi connectivity index (χ0) is 12.4. The highest BCUT2D eigenvalue weighted by Gasteiger charge is 2.25. The quantitative estimate of drug-likeness (QED) is 0.813. The number of fused-ring (bicyclic) bond motifs is 1. The first-order valence-corrected chi connectivity index (χ1v) is 8.20. The van der Waals surface area contributed by atoms with Crippen molar-refractivity contribution < 1.29 is 0 Å². The predicted octanol–water partition coefficient (Wildman–Crippen LogP) is 3.83. The molecule has 0 aromatic heterocycles. The third-order valence-corrected chi connectivity index (χ3v) is 5.76. The van der Waals surface area contributed by atoms with E-state index in [2.05, 4.69) is 47.9 Å². The molecule has 1 aromatic carbocycles. The average molecular weight is 261 g/mol. The number of piperidine rings is 1. The fourth-order valence-corrected chi connectivity index (χ4v) is 4.59. The number of benzene rings is 1. The Morgan fingerprint density at radius 3 is 2.72 bits per heavy atom. The van der Waals surface area contributed by atoms with E-state index in [4.69, 9.17) is 0 Å². The standard InChI is InChI=1S/C16H23NS/c1-2-13-7-9-17(10-8-13)12-15-11-14-5-3-4-6-16(14)18-15/h3-6,13,15H,2,7-12H2,1H3. The second kappa shape index (κ2) is 5.66. The van der Waals surface area contributed by atoms with Gasteiger partial charge in [0.25, 0.3) is 0 Å². The third-order valence-electron chi connectivity index (χ3n) is 4.46. The molecule has 2 heterocycles. The number of hydrogen-bond donors (Lipinski definition) is 0. The minimum Gasteiger partial charge on any atom is -0.302 e. The van der Waals surface area contributed by atoms with Crippen LogP contribution in [0.1, 0.15) is 31.7 Å². The van der Waals surface area contributed by atoms with Crippen molar-refractivity contribution >= 4 is 11.8 Å². The summed E-state index contributed by atoms with van der Waals surface area (Å²) in [6.07, 6.45) is 5.48. The fraction of sp³-hybridized carbons (Fsp3) is 0.625. The van der Waals surface area contributed by atoms with Gasteiger partial charge in [-0.2, -0.15) is 0 Å². The summed E-state index contributed by atoms with van der Waals surface area (Å²) in [5.74, 6) is 0.995. The highest BCUT2D eigenvalue weighted by atomic mass is 32.2. The van der Waals surface area contributed by atoms with E-state index < -0.39 is 0 Å². The van der Waals surface area contributed by atoms with Crippen molar-refractivity contribution in [3.05, 3.63) is 29.8 Å². The van der Waals surface area contributed by atoms with Crippen LogP contribution < -0.4 is 0 Å². The molecule has 2 aliphatic rings. The molecule has 3 rings (SSSR count). The van der Waals surface area contributed by atoms with Gasteiger partial charge in [-0.25, -0.2) is 0 Å². The van der Waals surface area contributed by atoms with Crippen molar-refractivity contribution in [3.63, 3.8) is 0 Å². The fourth-order valence-electron chi connectivity index (χ4n) is 3.22. The molecule has 0 bridgehead atoms. The molecule has 0 N–H and O–H groups in total. The summed E-state index contributed by atoms with van der Waals surface area (Å²) in [4.78, 5) is 4.21. The van der Waals surface area contributed by atoms with E-state index in [1.807, 2.05) is 0 Å². The lowest BCUT2D eigenvalue weighted by Gasteiger charge is -2.32. The smallest absolute Gasteiger partial charge is 0.0263 e. The molecule has 0 spiro atoms. The molecular weight excluding hydrogens is 238 g/mol. The van der Waals surface area contributed by atoms with Crippen LogP contribution in [0, 0.1) is 5.92 Å². The Labute approximate surface area is 115 Å². The zero-order valence-electron chi connectivity index (χ0n) is 11.3. The Balaban J connectivity index is 1.51. The summed E-state index contributed by atoms with van der Waals surface area (Å²) in [5.41, 5.74) is 1.57. The molecule has 98 valence electrons. The number of thioether (sulfide) groups is 1. The first-order valence-electron chi connectivity index (χ1n) is 7.32. The second-order valence-corrected chi connectivity index (χ2v) is 7.05. The molecule has 2 aliphatic heterocycles. The Hall–Kier alpha value is -0.470. The molecule has 1 atom stereocenters. The molecule has 1 aromatic rings. The SMILES string of the molecule is CCC1CCN(CC2Cc3ccccc3S2)CC1. The summed E-state index contributed by atoms with van der Waals surface area (Å²) in [7, 11) is 0. The van der Waals surface area contributed by atoms with Crippen LogP contribution >= 0.6 is 11.8 Å². The molecule has 2 heteroatoms. The van der Waals surface area contributed by atoms with Gasteiger partial charge < -0.3 is 4.90 Å². The van der Waals surface area contributed by atoms with Crippen LogP contribution in [0.5, 0.6) is 0 Å². The van der Waals surface area contributed by atoms with Gasteiger partial charge in [-0.1, -0.05) is 31.5 Å². The van der Waals surface area contributed by atoms with Crippen LogP contribution in [-0.4, -0.2) is 29.8 Å². The Bertz CT molecular complexity index is 371. The van der Waals surface area contributed by atoms with Gasteiger partial charge in [0.2, 0.25) is 0 Å². The zero-order valence-corrected chi connectivity index (χ0v) is 12.1. The van der Waals surface area contributed by atoms with E-state index in [9.17, 15) is 0 Å². The molecule has 1 unspecified atom stereocenters. The van der Waals surface area contributed by atoms with Gasteiger partial charge in [-0.3, -0.25) is 0 Å². The van der Waals surface area contributed by atoms with Gasteiger partial charge in [0.1, 0.15) is 0 Å². The normalized spacial score (nSPS) is 25.3. The van der Waals surface area contributed by atoms with Gasteiger partial charge in [0.15, 0.2) is 0 Å². The van der Waals surface area contributed by atoms with E-state index >= 15 is 0 Å². The number of likely N-dealkylation sites (tertiary alicyclic amines) is 1. The van der Waals surface area contributed by atoms with Crippen molar-refractivity contribution in [2.45, 2.75) is 42.8 Å². The van der Waals surface area contributed by atoms with Crippen molar-refractivity contribution in [2.75, 3.05) is 19.6 Å². The van der Waals surface area contributed by atoms with Crippen molar-refractivity contribution in [1.82, 2.24) is 4.90 Å². The van der Waals surface area contributed by atoms with E-state index in [0.29, 0.717) is 0 Å². The lowest BCUT2D eigenvalue weighted by atomic mass is 9.94. The third kappa shape index (κ3) is 2.75. The molecule has 0 aliphatic carbocycles. The molecule has 1 fully saturated rings. The maximum absolute atomic E-state index is 2.69. The summed E-state index contributed by atoms with van der Waals surface area (Å²) in [5, 5.41) is 0.792. The first-order chi connectivity index (χ1) is 8.85. The van der Waals surface area contributed by atoms with Crippen LogP contribution in [-0.2, 0) is 6.42 Å². The molecule has 0 radical (unpaired) electrons. The largest absolute Gasteiger partial charge is 0.302 e. The lowest BCUT2D eigenvalue weighted by Crippen LogP contribution is -2.37. The molecule has 0 saturated carbocycles. The maximum Gasteiger partial charge on any atom is 0.0263 e. The van der Waals surface area contributed by atoms with Crippen molar-refractivity contribution in [1.29, 1.82) is 0 Å². The van der Waals surface area contributed by atoms with E-state index in [1.165, 1.54) is 50.2 Å². The minimum atomic E-state index is 0.792. The van der Waals surface area contributed by atoms with E-state index in [0.717, 1.165) is 11.2 Å².